The van der Waals surface area contributed by atoms with E-state index in [4.69, 9.17) is 4.55 Å². The number of amides is 1. The van der Waals surface area contributed by atoms with E-state index in [2.05, 4.69) is 5.32 Å². The van der Waals surface area contributed by atoms with E-state index < -0.39 is 10.1 Å². The van der Waals surface area contributed by atoms with Crippen molar-refractivity contribution in [2.45, 2.75) is 32.7 Å². The normalized spacial score (nSPS) is 12.8. The van der Waals surface area contributed by atoms with Gasteiger partial charge in [-0.3, -0.25) is 9.35 Å². The van der Waals surface area contributed by atoms with Crippen molar-refractivity contribution in [2.75, 3.05) is 5.75 Å². The molecule has 0 aromatic carbocycles. The van der Waals surface area contributed by atoms with Gasteiger partial charge in [0.1, 0.15) is 0 Å². The first-order valence-electron chi connectivity index (χ1n) is 4.07. The van der Waals surface area contributed by atoms with Crippen LogP contribution in [0.25, 0.3) is 0 Å². The molecule has 0 bridgehead atoms. The van der Waals surface area contributed by atoms with Gasteiger partial charge in [-0.15, -0.1) is 0 Å². The Kier molecular flexibility index (Phi) is 9.58. The standard InChI is InChI=1S/C7H15NO4S.Ca.2H/c1-3-7(8-6(2)9)4-5-13(10,11)12;;;/h7H,3-5H2,1-2H3,(H,8,9)(H,10,11,12);;;/q;+2;2*-1. The van der Waals surface area contributed by atoms with E-state index in [1.807, 2.05) is 6.92 Å². The molecule has 7 heteroatoms. The summed E-state index contributed by atoms with van der Waals surface area (Å²) < 4.78 is 29.2. The van der Waals surface area contributed by atoms with Crippen molar-refractivity contribution in [2.24, 2.45) is 0 Å². The van der Waals surface area contributed by atoms with E-state index in [0.717, 1.165) is 0 Å². The Hall–Kier alpha value is 0.640. The molecule has 0 saturated heterocycles. The van der Waals surface area contributed by atoms with Gasteiger partial charge in [-0.1, -0.05) is 6.92 Å². The summed E-state index contributed by atoms with van der Waals surface area (Å²) in [6.45, 7) is 3.21. The number of rotatable bonds is 5. The molecule has 0 aromatic rings. The van der Waals surface area contributed by atoms with E-state index >= 15 is 0 Å². The predicted molar refractivity (Wildman–Crippen MR) is 56.9 cm³/mol. The summed E-state index contributed by atoms with van der Waals surface area (Å²) in [6.07, 6.45) is 0.893. The summed E-state index contributed by atoms with van der Waals surface area (Å²) in [5, 5.41) is 2.59. The fourth-order valence-electron chi connectivity index (χ4n) is 0.957. The third-order valence-corrected chi connectivity index (χ3v) is 2.38. The molecule has 82 valence electrons. The Morgan fingerprint density at radius 2 is 2.07 bits per heavy atom. The van der Waals surface area contributed by atoms with E-state index in [0.29, 0.717) is 6.42 Å². The Bertz CT molecular complexity index is 274. The monoisotopic (exact) mass is 251 g/mol. The van der Waals surface area contributed by atoms with Crippen molar-refractivity contribution < 1.29 is 20.6 Å². The van der Waals surface area contributed by atoms with E-state index in [1.165, 1.54) is 6.92 Å². The molecule has 0 aliphatic carbocycles. The molecular weight excluding hydrogens is 234 g/mol. The van der Waals surface area contributed by atoms with Crippen LogP contribution in [0.15, 0.2) is 0 Å². The third kappa shape index (κ3) is 10.7. The molecule has 5 nitrogen and oxygen atoms in total. The van der Waals surface area contributed by atoms with Crippen LogP contribution in [0.5, 0.6) is 0 Å². The number of hydrogen-bond donors (Lipinski definition) is 2. The molecule has 2 N–H and O–H groups in total. The van der Waals surface area contributed by atoms with Gasteiger partial charge in [0, 0.05) is 13.0 Å². The smallest absolute Gasteiger partial charge is 1.00 e. The quantitative estimate of drug-likeness (QED) is 0.533. The summed E-state index contributed by atoms with van der Waals surface area (Å²) in [5.41, 5.74) is 0. The topological polar surface area (TPSA) is 83.5 Å². The summed E-state index contributed by atoms with van der Waals surface area (Å²) >= 11 is 0. The molecule has 0 spiro atoms. The third-order valence-electron chi connectivity index (χ3n) is 1.62. The van der Waals surface area contributed by atoms with Crippen LogP contribution < -0.4 is 5.32 Å². The Morgan fingerprint density at radius 3 is 2.36 bits per heavy atom. The van der Waals surface area contributed by atoms with Crippen LogP contribution >= 0.6 is 0 Å². The van der Waals surface area contributed by atoms with Gasteiger partial charge in [-0.25, -0.2) is 0 Å². The zero-order valence-corrected chi connectivity index (χ0v) is 11.5. The molecule has 0 aliphatic heterocycles. The Labute approximate surface area is 117 Å². The zero-order valence-electron chi connectivity index (χ0n) is 10.5. The van der Waals surface area contributed by atoms with Crippen LogP contribution in [0.3, 0.4) is 0 Å². The van der Waals surface area contributed by atoms with Crippen molar-refractivity contribution in [3.8, 4) is 0 Å². The van der Waals surface area contributed by atoms with Crippen LogP contribution in [-0.2, 0) is 14.9 Å². The van der Waals surface area contributed by atoms with Gasteiger partial charge in [-0.2, -0.15) is 8.42 Å². The van der Waals surface area contributed by atoms with Gasteiger partial charge in [0.25, 0.3) is 10.1 Å². The van der Waals surface area contributed by atoms with Crippen molar-refractivity contribution >= 4 is 53.8 Å². The molecule has 0 rings (SSSR count). The van der Waals surface area contributed by atoms with Gasteiger partial charge >= 0.3 is 37.7 Å². The summed E-state index contributed by atoms with van der Waals surface area (Å²) in [5.74, 6) is -0.506. The number of nitrogens with one attached hydrogen (secondary N) is 1. The first-order valence-corrected chi connectivity index (χ1v) is 5.68. The van der Waals surface area contributed by atoms with Crippen molar-refractivity contribution in [1.29, 1.82) is 0 Å². The molecule has 14 heavy (non-hydrogen) atoms. The van der Waals surface area contributed by atoms with Crippen LogP contribution in [0.4, 0.5) is 0 Å². The van der Waals surface area contributed by atoms with Crippen LogP contribution in [0, 0.1) is 0 Å². The van der Waals surface area contributed by atoms with Gasteiger partial charge in [0.15, 0.2) is 0 Å². The molecule has 0 aromatic heterocycles. The van der Waals surface area contributed by atoms with Gasteiger partial charge in [0.2, 0.25) is 5.91 Å². The average Bonchev–Trinajstić information content (AvgIpc) is 1.95. The van der Waals surface area contributed by atoms with Gasteiger partial charge in [-0.05, 0) is 12.8 Å². The minimum atomic E-state index is -3.92. The molecule has 0 saturated carbocycles. The fourth-order valence-corrected chi connectivity index (χ4v) is 1.54. The first-order chi connectivity index (χ1) is 5.85. The maximum atomic E-state index is 10.6. The Morgan fingerprint density at radius 1 is 1.57 bits per heavy atom. The van der Waals surface area contributed by atoms with Crippen LogP contribution in [0.2, 0.25) is 0 Å². The molecule has 1 atom stereocenters. The van der Waals surface area contributed by atoms with Crippen molar-refractivity contribution in [1.82, 2.24) is 5.32 Å². The SMILES string of the molecule is CCC(CCS(=O)(=O)O)NC(C)=O.[Ca+2].[H-].[H-]. The molecule has 1 unspecified atom stereocenters. The zero-order chi connectivity index (χ0) is 10.5. The maximum absolute atomic E-state index is 10.6. The summed E-state index contributed by atoms with van der Waals surface area (Å²) in [4.78, 5) is 10.6. The number of hydrogen-bond acceptors (Lipinski definition) is 3. The molecular formula is C7H17CaNO4S. The van der Waals surface area contributed by atoms with Crippen molar-refractivity contribution in [3.05, 3.63) is 0 Å². The molecule has 0 aliphatic rings. The van der Waals surface area contributed by atoms with Crippen molar-refractivity contribution in [3.63, 3.8) is 0 Å². The molecule has 0 heterocycles. The van der Waals surface area contributed by atoms with E-state index in [-0.39, 0.29) is 64.7 Å². The van der Waals surface area contributed by atoms with E-state index in [1.54, 1.807) is 0 Å². The maximum Gasteiger partial charge on any atom is 2.00 e. The summed E-state index contributed by atoms with van der Waals surface area (Å²) in [7, 11) is -3.92. The average molecular weight is 251 g/mol. The van der Waals surface area contributed by atoms with Crippen LogP contribution in [0.1, 0.15) is 29.5 Å². The second kappa shape index (κ2) is 7.87. The molecule has 0 fully saturated rings. The molecule has 0 radical (unpaired) electrons. The number of carbonyl (C=O) groups is 1. The van der Waals surface area contributed by atoms with Gasteiger partial charge in [0.05, 0.1) is 5.75 Å². The van der Waals surface area contributed by atoms with Gasteiger partial charge < -0.3 is 8.17 Å². The minimum Gasteiger partial charge on any atom is -1.00 e. The Balaban J connectivity index is -0.000000240. The predicted octanol–water partition coefficient (Wildman–Crippen LogP) is 0.0232. The largest absolute Gasteiger partial charge is 2.00 e. The fraction of sp³-hybridized carbons (Fsp3) is 0.857. The second-order valence-corrected chi connectivity index (χ2v) is 4.45. The van der Waals surface area contributed by atoms with E-state index in [9.17, 15) is 13.2 Å². The molecule has 1 amide bonds. The van der Waals surface area contributed by atoms with Crippen LogP contribution in [-0.4, -0.2) is 68.4 Å². The second-order valence-electron chi connectivity index (χ2n) is 2.88. The number of carbonyl (C=O) groups excluding carboxylic acids is 1. The summed E-state index contributed by atoms with van der Waals surface area (Å²) in [6, 6.07) is -0.181. The minimum absolute atomic E-state index is 0. The first kappa shape index (κ1) is 17.0.